The van der Waals surface area contributed by atoms with Gasteiger partial charge in [0.25, 0.3) is 0 Å². The summed E-state index contributed by atoms with van der Waals surface area (Å²) in [7, 11) is 1.34. The lowest BCUT2D eigenvalue weighted by atomic mass is 10.1. The van der Waals surface area contributed by atoms with Crippen molar-refractivity contribution in [2.45, 2.75) is 6.54 Å². The average Bonchev–Trinajstić information content (AvgIpc) is 2.47. The molecule has 0 bridgehead atoms. The quantitative estimate of drug-likeness (QED) is 0.292. The number of nitro groups is 1. The third-order valence-electron chi connectivity index (χ3n) is 2.80. The maximum atomic E-state index is 12.1. The molecular weight excluding hydrogens is 340 g/mol. The van der Waals surface area contributed by atoms with Gasteiger partial charge in [-0.2, -0.15) is 4.57 Å². The molecule has 6 nitrogen and oxygen atoms in total. The Balaban J connectivity index is 0.00000220. The Labute approximate surface area is 131 Å². The molecule has 1 aromatic heterocycles. The number of ketones is 1. The molecule has 1 aromatic carbocycles. The SMILES string of the molecule is COc1cc(C(=O)C[n+]2ccccc2)ccc1[N+](=O)[O-].[Br-]. The molecule has 2 rings (SSSR count). The van der Waals surface area contributed by atoms with Crippen molar-refractivity contribution in [3.8, 4) is 5.75 Å². The maximum absolute atomic E-state index is 12.1. The topological polar surface area (TPSA) is 73.3 Å². The molecular formula is C14H13BrN2O4. The van der Waals surface area contributed by atoms with Gasteiger partial charge in [-0.3, -0.25) is 14.9 Å². The van der Waals surface area contributed by atoms with Crippen molar-refractivity contribution in [3.63, 3.8) is 0 Å². The van der Waals surface area contributed by atoms with E-state index < -0.39 is 4.92 Å². The number of rotatable bonds is 5. The van der Waals surface area contributed by atoms with E-state index in [9.17, 15) is 14.9 Å². The van der Waals surface area contributed by atoms with E-state index in [-0.39, 0.29) is 40.7 Å². The molecule has 0 spiro atoms. The number of hydrogen-bond donors (Lipinski definition) is 0. The number of benzene rings is 1. The fourth-order valence-electron chi connectivity index (χ4n) is 1.80. The zero-order valence-electron chi connectivity index (χ0n) is 11.2. The fraction of sp³-hybridized carbons (Fsp3) is 0.143. The first-order chi connectivity index (χ1) is 9.61. The van der Waals surface area contributed by atoms with Crippen LogP contribution in [0.4, 0.5) is 5.69 Å². The first kappa shape index (κ1) is 16.8. The molecule has 0 N–H and O–H groups in total. The highest BCUT2D eigenvalue weighted by Gasteiger charge is 2.19. The lowest BCUT2D eigenvalue weighted by Gasteiger charge is -2.03. The zero-order valence-corrected chi connectivity index (χ0v) is 12.8. The highest BCUT2D eigenvalue weighted by molar-refractivity contribution is 5.95. The first-order valence-electron chi connectivity index (χ1n) is 5.91. The summed E-state index contributed by atoms with van der Waals surface area (Å²) in [4.78, 5) is 22.4. The molecule has 1 heterocycles. The van der Waals surface area contributed by atoms with Crippen molar-refractivity contribution < 1.29 is 36.0 Å². The highest BCUT2D eigenvalue weighted by Crippen LogP contribution is 2.27. The number of halogens is 1. The minimum atomic E-state index is -0.543. The Morgan fingerprint density at radius 1 is 1.29 bits per heavy atom. The Hall–Kier alpha value is -2.28. The van der Waals surface area contributed by atoms with E-state index in [1.807, 2.05) is 18.2 Å². The summed E-state index contributed by atoms with van der Waals surface area (Å²) in [6.45, 7) is 0.168. The Morgan fingerprint density at radius 2 is 1.95 bits per heavy atom. The summed E-state index contributed by atoms with van der Waals surface area (Å²) in [5.74, 6) is -0.0618. The maximum Gasteiger partial charge on any atom is 0.310 e. The molecule has 0 radical (unpaired) electrons. The molecule has 2 aromatic rings. The Kier molecular flexibility index (Phi) is 5.98. The van der Waals surface area contributed by atoms with Crippen molar-refractivity contribution in [2.24, 2.45) is 0 Å². The van der Waals surface area contributed by atoms with Crippen LogP contribution in [0.25, 0.3) is 0 Å². The number of Topliss-reactive ketones (excluding diaryl/α,β-unsaturated/α-hetero) is 1. The Bertz CT molecular complexity index is 647. The number of ether oxygens (including phenoxy) is 1. The average molecular weight is 353 g/mol. The Morgan fingerprint density at radius 3 is 2.52 bits per heavy atom. The minimum Gasteiger partial charge on any atom is -1.00 e. The molecule has 0 atom stereocenters. The van der Waals surface area contributed by atoms with Crippen LogP contribution < -0.4 is 26.3 Å². The number of pyridine rings is 1. The van der Waals surface area contributed by atoms with Gasteiger partial charge >= 0.3 is 5.69 Å². The van der Waals surface area contributed by atoms with Crippen LogP contribution in [0.2, 0.25) is 0 Å². The third-order valence-corrected chi connectivity index (χ3v) is 2.80. The van der Waals surface area contributed by atoms with Gasteiger partial charge in [0.05, 0.1) is 12.0 Å². The number of carbonyl (C=O) groups excluding carboxylic acids is 1. The second kappa shape index (κ2) is 7.49. The number of nitrogens with zero attached hydrogens (tertiary/aromatic N) is 2. The summed E-state index contributed by atoms with van der Waals surface area (Å²) < 4.78 is 6.68. The number of hydrogen-bond acceptors (Lipinski definition) is 4. The van der Waals surface area contributed by atoms with Crippen LogP contribution in [0.5, 0.6) is 5.75 Å². The molecule has 0 saturated heterocycles. The molecule has 0 saturated carbocycles. The third kappa shape index (κ3) is 4.09. The van der Waals surface area contributed by atoms with Gasteiger partial charge in [0.2, 0.25) is 12.3 Å². The van der Waals surface area contributed by atoms with E-state index in [4.69, 9.17) is 4.74 Å². The zero-order chi connectivity index (χ0) is 14.5. The lowest BCUT2D eigenvalue weighted by Crippen LogP contribution is -3.00. The van der Waals surface area contributed by atoms with Crippen molar-refractivity contribution in [1.29, 1.82) is 0 Å². The smallest absolute Gasteiger partial charge is 0.310 e. The van der Waals surface area contributed by atoms with Gasteiger partial charge in [-0.15, -0.1) is 0 Å². The van der Waals surface area contributed by atoms with Crippen molar-refractivity contribution in [3.05, 3.63) is 64.5 Å². The van der Waals surface area contributed by atoms with Crippen molar-refractivity contribution in [1.82, 2.24) is 0 Å². The van der Waals surface area contributed by atoms with Crippen molar-refractivity contribution >= 4 is 11.5 Å². The number of aromatic nitrogens is 1. The monoisotopic (exact) mass is 352 g/mol. The predicted molar refractivity (Wildman–Crippen MR) is 70.6 cm³/mol. The van der Waals surface area contributed by atoms with E-state index in [1.54, 1.807) is 17.0 Å². The predicted octanol–water partition coefficient (Wildman–Crippen LogP) is -1.22. The number of carbonyl (C=O) groups is 1. The molecule has 21 heavy (non-hydrogen) atoms. The molecule has 110 valence electrons. The lowest BCUT2D eigenvalue weighted by molar-refractivity contribution is -0.683. The summed E-state index contributed by atoms with van der Waals surface area (Å²) in [6, 6.07) is 9.61. The van der Waals surface area contributed by atoms with Crippen LogP contribution in [0.3, 0.4) is 0 Å². The summed E-state index contributed by atoms with van der Waals surface area (Å²) >= 11 is 0. The van der Waals surface area contributed by atoms with Gasteiger partial charge in [-0.05, 0) is 12.1 Å². The van der Waals surface area contributed by atoms with E-state index in [1.165, 1.54) is 25.3 Å². The molecule has 0 fully saturated rings. The van der Waals surface area contributed by atoms with E-state index >= 15 is 0 Å². The van der Waals surface area contributed by atoms with Crippen LogP contribution in [-0.2, 0) is 6.54 Å². The molecule has 0 aliphatic carbocycles. The molecule has 0 aliphatic rings. The molecule has 0 aliphatic heterocycles. The van der Waals surface area contributed by atoms with E-state index in [2.05, 4.69) is 0 Å². The second-order valence-corrected chi connectivity index (χ2v) is 4.11. The van der Waals surface area contributed by atoms with Crippen LogP contribution in [0.15, 0.2) is 48.8 Å². The second-order valence-electron chi connectivity index (χ2n) is 4.11. The van der Waals surface area contributed by atoms with E-state index in [0.717, 1.165) is 0 Å². The minimum absolute atomic E-state index is 0. The highest BCUT2D eigenvalue weighted by atomic mass is 79.9. The van der Waals surface area contributed by atoms with E-state index in [0.29, 0.717) is 5.56 Å². The van der Waals surface area contributed by atoms with Gasteiger partial charge < -0.3 is 21.7 Å². The first-order valence-corrected chi connectivity index (χ1v) is 5.91. The molecule has 7 heteroatoms. The van der Waals surface area contributed by atoms with Gasteiger partial charge in [0, 0.05) is 23.8 Å². The summed E-state index contributed by atoms with van der Waals surface area (Å²) in [6.07, 6.45) is 3.56. The van der Waals surface area contributed by atoms with Crippen LogP contribution >= 0.6 is 0 Å². The van der Waals surface area contributed by atoms with Crippen molar-refractivity contribution in [2.75, 3.05) is 7.11 Å². The van der Waals surface area contributed by atoms with Gasteiger partial charge in [-0.1, -0.05) is 6.07 Å². The largest absolute Gasteiger partial charge is 1.00 e. The van der Waals surface area contributed by atoms with Crippen LogP contribution in [0, 0.1) is 10.1 Å². The van der Waals surface area contributed by atoms with Crippen LogP contribution in [0.1, 0.15) is 10.4 Å². The fourth-order valence-corrected chi connectivity index (χ4v) is 1.80. The standard InChI is InChI=1S/C14H13N2O4.BrH/c1-20-14-9-11(5-6-12(14)16(18)19)13(17)10-15-7-3-2-4-8-15;/h2-9H,10H2,1H3;1H/q+1;/p-1. The number of nitro benzene ring substituents is 1. The summed E-state index contributed by atoms with van der Waals surface area (Å²) in [5.41, 5.74) is 0.222. The van der Waals surface area contributed by atoms with Crippen LogP contribution in [-0.4, -0.2) is 17.8 Å². The normalized spacial score (nSPS) is 9.57. The van der Waals surface area contributed by atoms with Gasteiger partial charge in [0.1, 0.15) is 0 Å². The van der Waals surface area contributed by atoms with Gasteiger partial charge in [0.15, 0.2) is 18.1 Å². The van der Waals surface area contributed by atoms with Gasteiger partial charge in [-0.25, -0.2) is 0 Å². The number of methoxy groups -OCH3 is 1. The molecule has 0 unspecified atom stereocenters. The molecule has 0 amide bonds. The summed E-state index contributed by atoms with van der Waals surface area (Å²) in [5, 5.41) is 10.8.